The van der Waals surface area contributed by atoms with E-state index in [0.717, 1.165) is 25.1 Å². The van der Waals surface area contributed by atoms with Crippen molar-refractivity contribution >= 4 is 33.2 Å². The Morgan fingerprint density at radius 1 is 1.10 bits per heavy atom. The van der Waals surface area contributed by atoms with Gasteiger partial charge in [0.05, 0.1) is 5.02 Å². The van der Waals surface area contributed by atoms with Crippen molar-refractivity contribution in [3.63, 3.8) is 0 Å². The van der Waals surface area contributed by atoms with Crippen LogP contribution in [0, 0.1) is 0 Å². The molecular weight excluding hydrogens is 449 g/mol. The first-order valence-corrected chi connectivity index (χ1v) is 12.2. The molecule has 0 bridgehead atoms. The molecule has 2 aromatic rings. The maximum atomic E-state index is 12.5. The van der Waals surface area contributed by atoms with E-state index in [1.54, 1.807) is 36.7 Å². The van der Waals surface area contributed by atoms with Crippen molar-refractivity contribution in [3.8, 4) is 5.75 Å². The van der Waals surface area contributed by atoms with Crippen LogP contribution in [-0.2, 0) is 21.2 Å². The minimum atomic E-state index is -3.45. The quantitative estimate of drug-likeness (QED) is 0.485. The van der Waals surface area contributed by atoms with Crippen LogP contribution in [0.25, 0.3) is 0 Å². The van der Waals surface area contributed by atoms with Crippen LogP contribution in [0.3, 0.4) is 0 Å². The van der Waals surface area contributed by atoms with Gasteiger partial charge in [-0.1, -0.05) is 23.2 Å². The number of piperidine rings is 1. The van der Waals surface area contributed by atoms with Crippen molar-refractivity contribution in [1.29, 1.82) is 0 Å². The van der Waals surface area contributed by atoms with Crippen LogP contribution in [0.15, 0.2) is 36.7 Å². The van der Waals surface area contributed by atoms with Crippen LogP contribution in [0.2, 0.25) is 10.0 Å². The maximum Gasteiger partial charge on any atom is 0.238 e. The van der Waals surface area contributed by atoms with Crippen molar-refractivity contribution < 1.29 is 17.9 Å². The zero-order valence-electron chi connectivity index (χ0n) is 16.5. The zero-order chi connectivity index (χ0) is 21.4. The lowest BCUT2D eigenvalue weighted by Gasteiger charge is -2.31. The molecule has 0 aliphatic carbocycles. The third-order valence-corrected chi connectivity index (χ3v) is 6.92. The first-order valence-electron chi connectivity index (χ1n) is 9.87. The Morgan fingerprint density at radius 2 is 1.83 bits per heavy atom. The highest BCUT2D eigenvalue weighted by Crippen LogP contribution is 2.30. The summed E-state index contributed by atoms with van der Waals surface area (Å²) in [6.45, 7) is 1.18. The molecule has 10 heteroatoms. The fraction of sp³-hybridized carbons (Fsp3) is 0.500. The molecule has 3 rings (SSSR count). The summed E-state index contributed by atoms with van der Waals surface area (Å²) in [5.74, 6) is 1.05. The number of aromatic nitrogens is 2. The first kappa shape index (κ1) is 23.2. The molecule has 1 fully saturated rings. The van der Waals surface area contributed by atoms with Crippen LogP contribution in [0.1, 0.15) is 31.5 Å². The Labute approximate surface area is 187 Å². The highest BCUT2D eigenvalue weighted by atomic mass is 35.5. The summed E-state index contributed by atoms with van der Waals surface area (Å²) in [6, 6.07) is 6.85. The molecule has 2 heterocycles. The van der Waals surface area contributed by atoms with Crippen molar-refractivity contribution in [2.75, 3.05) is 25.6 Å². The summed E-state index contributed by atoms with van der Waals surface area (Å²) in [5, 5.41) is 0.992. The predicted octanol–water partition coefficient (Wildman–Crippen LogP) is 3.95. The van der Waals surface area contributed by atoms with Gasteiger partial charge in [0.2, 0.25) is 10.0 Å². The Morgan fingerprint density at radius 3 is 2.53 bits per heavy atom. The monoisotopic (exact) mass is 473 g/mol. The minimum absolute atomic E-state index is 0.0868. The summed E-state index contributed by atoms with van der Waals surface area (Å²) >= 11 is 12.0. The molecule has 164 valence electrons. The summed E-state index contributed by atoms with van der Waals surface area (Å²) in [4.78, 5) is 8.32. The molecule has 1 aromatic heterocycles. The molecule has 30 heavy (non-hydrogen) atoms. The van der Waals surface area contributed by atoms with Crippen LogP contribution < -0.4 is 4.74 Å². The molecule has 0 radical (unpaired) electrons. The second kappa shape index (κ2) is 11.2. The third kappa shape index (κ3) is 7.06. The summed E-state index contributed by atoms with van der Waals surface area (Å²) in [6.07, 6.45) is 6.88. The predicted molar refractivity (Wildman–Crippen MR) is 116 cm³/mol. The second-order valence-electron chi connectivity index (χ2n) is 7.05. The standard InChI is InChI=1S/C20H25Cl2N3O4S/c21-16-5-6-19(18(22)14-16)29-17-7-11-25(12-8-17)30(26,27)15-28-13-2-1-4-20-23-9-3-10-24-20/h3,5-6,9-10,14,17H,1-2,4,7-8,11-13,15H2. The molecule has 0 saturated carbocycles. The van der Waals surface area contributed by atoms with E-state index < -0.39 is 10.0 Å². The summed E-state index contributed by atoms with van der Waals surface area (Å²) < 4.78 is 37.8. The summed E-state index contributed by atoms with van der Waals surface area (Å²) in [7, 11) is -3.45. The van der Waals surface area contributed by atoms with Crippen molar-refractivity contribution in [2.24, 2.45) is 0 Å². The van der Waals surface area contributed by atoms with Gasteiger partial charge in [-0.15, -0.1) is 0 Å². The Hall–Kier alpha value is -1.45. The van der Waals surface area contributed by atoms with Crippen LogP contribution >= 0.6 is 23.2 Å². The Bertz CT molecular complexity index is 908. The van der Waals surface area contributed by atoms with Crippen LogP contribution in [-0.4, -0.2) is 54.4 Å². The molecule has 0 N–H and O–H groups in total. The lowest BCUT2D eigenvalue weighted by Crippen LogP contribution is -2.43. The van der Waals surface area contributed by atoms with E-state index in [4.69, 9.17) is 32.7 Å². The largest absolute Gasteiger partial charge is 0.489 e. The van der Waals surface area contributed by atoms with E-state index in [2.05, 4.69) is 9.97 Å². The average molecular weight is 474 g/mol. The number of benzene rings is 1. The third-order valence-electron chi connectivity index (χ3n) is 4.77. The number of halogens is 2. The van der Waals surface area contributed by atoms with Gasteiger partial charge in [-0.3, -0.25) is 0 Å². The molecule has 1 aromatic carbocycles. The second-order valence-corrected chi connectivity index (χ2v) is 9.81. The average Bonchev–Trinajstić information content (AvgIpc) is 2.74. The minimum Gasteiger partial charge on any atom is -0.489 e. The number of sulfonamides is 1. The highest BCUT2D eigenvalue weighted by Gasteiger charge is 2.29. The lowest BCUT2D eigenvalue weighted by molar-refractivity contribution is 0.128. The van der Waals surface area contributed by atoms with E-state index >= 15 is 0 Å². The SMILES string of the molecule is O=S(=O)(COCCCCc1ncccn1)N1CCC(Oc2ccc(Cl)cc2Cl)CC1. The van der Waals surface area contributed by atoms with Gasteiger partial charge >= 0.3 is 0 Å². The van der Waals surface area contributed by atoms with E-state index in [1.165, 1.54) is 4.31 Å². The van der Waals surface area contributed by atoms with Crippen LogP contribution in [0.5, 0.6) is 5.75 Å². The molecule has 0 spiro atoms. The van der Waals surface area contributed by atoms with Crippen molar-refractivity contribution in [2.45, 2.75) is 38.2 Å². The van der Waals surface area contributed by atoms with Gasteiger partial charge in [0.15, 0.2) is 5.94 Å². The molecule has 1 saturated heterocycles. The molecule has 0 unspecified atom stereocenters. The van der Waals surface area contributed by atoms with Gasteiger partial charge in [0.1, 0.15) is 17.7 Å². The topological polar surface area (TPSA) is 81.6 Å². The fourth-order valence-corrected chi connectivity index (χ4v) is 4.86. The number of rotatable bonds is 10. The van der Waals surface area contributed by atoms with E-state index in [0.29, 0.717) is 48.3 Å². The van der Waals surface area contributed by atoms with E-state index in [1.807, 2.05) is 0 Å². The van der Waals surface area contributed by atoms with Gasteiger partial charge in [-0.25, -0.2) is 18.4 Å². The smallest absolute Gasteiger partial charge is 0.238 e. The number of hydrogen-bond acceptors (Lipinski definition) is 6. The Balaban J connectivity index is 1.34. The van der Waals surface area contributed by atoms with E-state index in [9.17, 15) is 8.42 Å². The summed E-state index contributed by atoms with van der Waals surface area (Å²) in [5.41, 5.74) is 0. The molecular formula is C20H25Cl2N3O4S. The molecule has 1 aliphatic rings. The van der Waals surface area contributed by atoms with Gasteiger partial charge < -0.3 is 9.47 Å². The molecule has 7 nitrogen and oxygen atoms in total. The lowest BCUT2D eigenvalue weighted by atomic mass is 10.1. The number of hydrogen-bond donors (Lipinski definition) is 0. The Kier molecular flexibility index (Phi) is 8.71. The van der Waals surface area contributed by atoms with E-state index in [-0.39, 0.29) is 12.0 Å². The van der Waals surface area contributed by atoms with Crippen molar-refractivity contribution in [1.82, 2.24) is 14.3 Å². The number of aryl methyl sites for hydroxylation is 1. The number of unbranched alkanes of at least 4 members (excludes halogenated alkanes) is 1. The highest BCUT2D eigenvalue weighted by molar-refractivity contribution is 7.88. The number of ether oxygens (including phenoxy) is 2. The van der Waals surface area contributed by atoms with Gasteiger partial charge in [-0.2, -0.15) is 4.31 Å². The molecule has 0 atom stereocenters. The van der Waals surface area contributed by atoms with Crippen LogP contribution in [0.4, 0.5) is 0 Å². The van der Waals surface area contributed by atoms with Gasteiger partial charge in [0, 0.05) is 43.5 Å². The normalized spacial score (nSPS) is 15.9. The van der Waals surface area contributed by atoms with Gasteiger partial charge in [0.25, 0.3) is 0 Å². The number of nitrogens with zero attached hydrogens (tertiary/aromatic N) is 3. The van der Waals surface area contributed by atoms with Crippen molar-refractivity contribution in [3.05, 3.63) is 52.5 Å². The zero-order valence-corrected chi connectivity index (χ0v) is 18.9. The molecule has 1 aliphatic heterocycles. The first-order chi connectivity index (χ1) is 14.4. The maximum absolute atomic E-state index is 12.5. The van der Waals surface area contributed by atoms with Gasteiger partial charge in [-0.05, 0) is 49.9 Å². The fourth-order valence-electron chi connectivity index (χ4n) is 3.16. The molecule has 0 amide bonds.